The lowest BCUT2D eigenvalue weighted by Crippen LogP contribution is -2.34. The van der Waals surface area contributed by atoms with Gasteiger partial charge in [0.2, 0.25) is 0 Å². The quantitative estimate of drug-likeness (QED) is 0.225. The van der Waals surface area contributed by atoms with Gasteiger partial charge in [0.1, 0.15) is 12.4 Å². The zero-order valence-electron chi connectivity index (χ0n) is 22.5. The molecule has 4 aromatic carbocycles. The second kappa shape index (κ2) is 12.6. The van der Waals surface area contributed by atoms with Gasteiger partial charge in [-0.1, -0.05) is 92.2 Å². The molecule has 0 bridgehead atoms. The summed E-state index contributed by atoms with van der Waals surface area (Å²) in [4.78, 5) is 13.5. The van der Waals surface area contributed by atoms with Gasteiger partial charge in [0.25, 0.3) is 15.9 Å². The summed E-state index contributed by atoms with van der Waals surface area (Å²) in [5.74, 6) is 0.734. The molecule has 202 valence electrons. The predicted octanol–water partition coefficient (Wildman–Crippen LogP) is 6.32. The normalized spacial score (nSPS) is 11.3. The molecule has 1 N–H and O–H groups in total. The van der Waals surface area contributed by atoms with E-state index in [-0.39, 0.29) is 36.1 Å². The first-order chi connectivity index (χ1) is 18.8. The van der Waals surface area contributed by atoms with E-state index in [2.05, 4.69) is 19.2 Å². The Hall–Kier alpha value is -4.10. The molecule has 39 heavy (non-hydrogen) atoms. The molecule has 6 nitrogen and oxygen atoms in total. The van der Waals surface area contributed by atoms with E-state index >= 15 is 0 Å². The maximum atomic E-state index is 13.9. The lowest BCUT2D eigenvalue weighted by molar-refractivity contribution is 0.0947. The highest BCUT2D eigenvalue weighted by Gasteiger charge is 2.28. The van der Waals surface area contributed by atoms with Gasteiger partial charge in [0, 0.05) is 0 Å². The predicted molar refractivity (Wildman–Crippen MR) is 156 cm³/mol. The van der Waals surface area contributed by atoms with Gasteiger partial charge in [-0.05, 0) is 54.3 Å². The van der Waals surface area contributed by atoms with E-state index in [0.29, 0.717) is 11.6 Å². The average Bonchev–Trinajstić information content (AvgIpc) is 2.95. The van der Waals surface area contributed by atoms with Gasteiger partial charge in [-0.25, -0.2) is 8.42 Å². The third kappa shape index (κ3) is 6.86. The number of sulfonamides is 1. The fourth-order valence-corrected chi connectivity index (χ4v) is 5.75. The second-order valence-corrected chi connectivity index (χ2v) is 11.5. The number of nitrogens with zero attached hydrogens (tertiary/aromatic N) is 1. The number of carbonyl (C=O) groups excluding carboxylic acids is 1. The molecular weight excluding hydrogens is 508 g/mol. The lowest BCUT2D eigenvalue weighted by Gasteiger charge is -2.26. The van der Waals surface area contributed by atoms with E-state index in [4.69, 9.17) is 4.74 Å². The van der Waals surface area contributed by atoms with Crippen LogP contribution in [0.5, 0.6) is 5.75 Å². The van der Waals surface area contributed by atoms with E-state index in [1.165, 1.54) is 4.31 Å². The van der Waals surface area contributed by atoms with Gasteiger partial charge >= 0.3 is 0 Å². The van der Waals surface area contributed by atoms with Crippen LogP contribution >= 0.6 is 0 Å². The van der Waals surface area contributed by atoms with Crippen molar-refractivity contribution in [1.82, 2.24) is 5.32 Å². The highest BCUT2D eigenvalue weighted by molar-refractivity contribution is 7.92. The molecule has 0 aliphatic carbocycles. The fraction of sp³-hybridized carbons (Fsp3) is 0.219. The van der Waals surface area contributed by atoms with Gasteiger partial charge < -0.3 is 10.1 Å². The summed E-state index contributed by atoms with van der Waals surface area (Å²) >= 11 is 0. The molecule has 0 aliphatic rings. The molecule has 0 heterocycles. The standard InChI is InChI=1S/C32H34N2O4S/c1-24(2)28-13-8-10-16-31(28)38-22-21-33-32(35)29-14-7-9-15-30(29)34(23-26-11-5-4-6-12-26)39(36,37)27-19-17-25(3)18-20-27/h4-20,24H,21-23H2,1-3H3,(H,33,35). The van der Waals surface area contributed by atoms with Gasteiger partial charge in [0.15, 0.2) is 0 Å². The van der Waals surface area contributed by atoms with Crippen LogP contribution in [0.2, 0.25) is 0 Å². The van der Waals surface area contributed by atoms with Crippen LogP contribution in [0.15, 0.2) is 108 Å². The van der Waals surface area contributed by atoms with Crippen LogP contribution in [-0.4, -0.2) is 27.5 Å². The molecule has 0 atom stereocenters. The number of para-hydroxylation sites is 2. The monoisotopic (exact) mass is 542 g/mol. The summed E-state index contributed by atoms with van der Waals surface area (Å²) in [6.07, 6.45) is 0. The number of amides is 1. The van der Waals surface area contributed by atoms with Crippen LogP contribution in [0, 0.1) is 6.92 Å². The number of hydrogen-bond acceptors (Lipinski definition) is 4. The number of ether oxygens (including phenoxy) is 1. The molecule has 0 aliphatic heterocycles. The first-order valence-electron chi connectivity index (χ1n) is 13.0. The number of aryl methyl sites for hydroxylation is 1. The third-order valence-electron chi connectivity index (χ3n) is 6.38. The molecule has 0 saturated carbocycles. The summed E-state index contributed by atoms with van der Waals surface area (Å²) < 4.78 is 35.0. The Balaban J connectivity index is 1.58. The van der Waals surface area contributed by atoms with Crippen LogP contribution in [-0.2, 0) is 16.6 Å². The molecule has 1 amide bonds. The number of nitrogens with one attached hydrogen (secondary N) is 1. The van der Waals surface area contributed by atoms with E-state index in [1.54, 1.807) is 48.5 Å². The number of hydrogen-bond donors (Lipinski definition) is 1. The van der Waals surface area contributed by atoms with Gasteiger partial charge in [-0.3, -0.25) is 9.10 Å². The van der Waals surface area contributed by atoms with E-state index < -0.39 is 10.0 Å². The van der Waals surface area contributed by atoms with Gasteiger partial charge in [-0.2, -0.15) is 0 Å². The Kier molecular flexibility index (Phi) is 9.04. The highest BCUT2D eigenvalue weighted by Crippen LogP contribution is 2.30. The zero-order valence-corrected chi connectivity index (χ0v) is 23.3. The minimum atomic E-state index is -3.97. The molecule has 7 heteroatoms. The molecule has 4 aromatic rings. The van der Waals surface area contributed by atoms with Gasteiger partial charge in [-0.15, -0.1) is 0 Å². The van der Waals surface area contributed by atoms with Crippen molar-refractivity contribution in [3.63, 3.8) is 0 Å². The van der Waals surface area contributed by atoms with Crippen LogP contribution in [0.4, 0.5) is 5.69 Å². The van der Waals surface area contributed by atoms with Crippen molar-refractivity contribution in [1.29, 1.82) is 0 Å². The van der Waals surface area contributed by atoms with Crippen molar-refractivity contribution in [2.45, 2.75) is 38.1 Å². The highest BCUT2D eigenvalue weighted by atomic mass is 32.2. The number of rotatable bonds is 11. The SMILES string of the molecule is Cc1ccc(S(=O)(=O)N(Cc2ccccc2)c2ccccc2C(=O)NCCOc2ccccc2C(C)C)cc1. The maximum absolute atomic E-state index is 13.9. The molecule has 0 aromatic heterocycles. The molecule has 0 fully saturated rings. The minimum Gasteiger partial charge on any atom is -0.491 e. The molecular formula is C32H34N2O4S. The maximum Gasteiger partial charge on any atom is 0.264 e. The smallest absolute Gasteiger partial charge is 0.264 e. The van der Waals surface area contributed by atoms with Crippen molar-refractivity contribution in [2.75, 3.05) is 17.5 Å². The molecule has 0 radical (unpaired) electrons. The fourth-order valence-electron chi connectivity index (χ4n) is 4.28. The van der Waals surface area contributed by atoms with Crippen LogP contribution in [0.25, 0.3) is 0 Å². The topological polar surface area (TPSA) is 75.7 Å². The summed E-state index contributed by atoms with van der Waals surface area (Å²) in [7, 11) is -3.97. The number of anilines is 1. The Morgan fingerprint density at radius 1 is 0.846 bits per heavy atom. The summed E-state index contributed by atoms with van der Waals surface area (Å²) in [5.41, 5.74) is 3.45. The Morgan fingerprint density at radius 2 is 1.49 bits per heavy atom. The van der Waals surface area contributed by atoms with Crippen molar-refractivity contribution in [2.24, 2.45) is 0 Å². The zero-order chi connectivity index (χ0) is 27.8. The summed E-state index contributed by atoms with van der Waals surface area (Å²) in [6.45, 7) is 6.74. The lowest BCUT2D eigenvalue weighted by atomic mass is 10.0. The van der Waals surface area contributed by atoms with Crippen molar-refractivity contribution in [3.05, 3.63) is 125 Å². The molecule has 0 saturated heterocycles. The number of benzene rings is 4. The Morgan fingerprint density at radius 3 is 2.21 bits per heavy atom. The molecule has 0 unspecified atom stereocenters. The van der Waals surface area contributed by atoms with Crippen LogP contribution in [0.1, 0.15) is 46.8 Å². The minimum absolute atomic E-state index is 0.0798. The number of carbonyl (C=O) groups is 1. The van der Waals surface area contributed by atoms with E-state index in [9.17, 15) is 13.2 Å². The largest absolute Gasteiger partial charge is 0.491 e. The summed E-state index contributed by atoms with van der Waals surface area (Å²) in [6, 6.07) is 30.7. The third-order valence-corrected chi connectivity index (χ3v) is 8.16. The van der Waals surface area contributed by atoms with Crippen molar-refractivity contribution < 1.29 is 17.9 Å². The van der Waals surface area contributed by atoms with Crippen LogP contribution in [0.3, 0.4) is 0 Å². The average molecular weight is 543 g/mol. The first-order valence-corrected chi connectivity index (χ1v) is 14.4. The first kappa shape index (κ1) is 27.9. The van der Waals surface area contributed by atoms with Crippen LogP contribution < -0.4 is 14.4 Å². The summed E-state index contributed by atoms with van der Waals surface area (Å²) in [5, 5.41) is 2.89. The van der Waals surface area contributed by atoms with Crippen molar-refractivity contribution >= 4 is 21.6 Å². The Bertz CT molecular complexity index is 1500. The van der Waals surface area contributed by atoms with E-state index in [1.807, 2.05) is 61.5 Å². The molecule has 4 rings (SSSR count). The van der Waals surface area contributed by atoms with E-state index in [0.717, 1.165) is 22.4 Å². The van der Waals surface area contributed by atoms with Crippen molar-refractivity contribution in [3.8, 4) is 5.75 Å². The molecule has 0 spiro atoms. The van der Waals surface area contributed by atoms with Gasteiger partial charge in [0.05, 0.1) is 29.2 Å². The Labute approximate surface area is 231 Å². The second-order valence-electron chi connectivity index (χ2n) is 9.62.